The van der Waals surface area contributed by atoms with Gasteiger partial charge in [0.1, 0.15) is 23.0 Å². The number of aliphatic imine (C=N–C) groups is 1. The number of rotatable bonds is 7. The van der Waals surface area contributed by atoms with Crippen molar-refractivity contribution in [2.75, 3.05) is 0 Å². The van der Waals surface area contributed by atoms with E-state index in [4.69, 9.17) is 13.8 Å². The van der Waals surface area contributed by atoms with Crippen molar-refractivity contribution in [3.63, 3.8) is 0 Å². The van der Waals surface area contributed by atoms with E-state index in [2.05, 4.69) is 147 Å². The molecule has 2 unspecified atom stereocenters. The van der Waals surface area contributed by atoms with E-state index < -0.39 is 0 Å². The molecule has 4 aliphatic rings. The molecule has 54 heavy (non-hydrogen) atoms. The van der Waals surface area contributed by atoms with Crippen molar-refractivity contribution in [1.29, 1.82) is 0 Å². The minimum absolute atomic E-state index is 0.477. The van der Waals surface area contributed by atoms with Crippen molar-refractivity contribution >= 4 is 49.8 Å². The SMILES string of the molecule is C=C(N=C(/C=C(\C)c1coc2ccc(-c3ccccc3)cc2ccc2c1oc1ccc(C3=CC=C=CC=C3)cc12)C1=CC=CC2CC12)C1=CCCC=CC1. The Hall–Kier alpha value is -6.41. The van der Waals surface area contributed by atoms with Crippen LogP contribution in [0.2, 0.25) is 0 Å². The van der Waals surface area contributed by atoms with Crippen LogP contribution < -0.4 is 0 Å². The first-order valence-electron chi connectivity index (χ1n) is 18.9. The van der Waals surface area contributed by atoms with E-state index in [1.54, 1.807) is 0 Å². The highest BCUT2D eigenvalue weighted by Crippen LogP contribution is 2.48. The largest absolute Gasteiger partial charge is 0.464 e. The molecule has 2 aromatic heterocycles. The molecular formula is C51H41NO2. The molecule has 0 bridgehead atoms. The van der Waals surface area contributed by atoms with E-state index in [0.717, 1.165) is 103 Å². The molecule has 0 radical (unpaired) electrons. The van der Waals surface area contributed by atoms with Crippen molar-refractivity contribution < 1.29 is 8.83 Å². The predicted molar refractivity (Wildman–Crippen MR) is 226 cm³/mol. The number of nitrogens with zero attached hydrogens (tertiary/aromatic N) is 1. The lowest BCUT2D eigenvalue weighted by molar-refractivity contribution is 0.601. The van der Waals surface area contributed by atoms with Gasteiger partial charge in [0, 0.05) is 16.2 Å². The molecule has 0 saturated heterocycles. The lowest BCUT2D eigenvalue weighted by Crippen LogP contribution is -2.06. The molecule has 2 atom stereocenters. The molecule has 1 saturated carbocycles. The second-order valence-electron chi connectivity index (χ2n) is 14.4. The van der Waals surface area contributed by atoms with Crippen molar-refractivity contribution in [2.45, 2.75) is 32.6 Å². The monoisotopic (exact) mass is 699 g/mol. The van der Waals surface area contributed by atoms with Gasteiger partial charge < -0.3 is 8.83 Å². The van der Waals surface area contributed by atoms with E-state index >= 15 is 0 Å². The summed E-state index contributed by atoms with van der Waals surface area (Å²) in [4.78, 5) is 5.29. The van der Waals surface area contributed by atoms with Crippen LogP contribution >= 0.6 is 0 Å². The Kier molecular flexibility index (Phi) is 9.00. The fourth-order valence-electron chi connectivity index (χ4n) is 7.69. The zero-order valence-electron chi connectivity index (χ0n) is 30.5. The average molecular weight is 700 g/mol. The molecule has 5 aromatic rings. The summed E-state index contributed by atoms with van der Waals surface area (Å²) in [5.41, 5.74) is 16.1. The Bertz CT molecular complexity index is 2720. The number of furan rings is 1. The molecule has 3 heteroatoms. The van der Waals surface area contributed by atoms with Crippen LogP contribution in [0.5, 0.6) is 0 Å². The number of benzene rings is 3. The van der Waals surface area contributed by atoms with Crippen LogP contribution in [0.4, 0.5) is 0 Å². The normalized spacial score (nSPS) is 19.2. The third-order valence-electron chi connectivity index (χ3n) is 10.8. The first-order chi connectivity index (χ1) is 26.6. The van der Waals surface area contributed by atoms with Crippen LogP contribution in [0.3, 0.4) is 0 Å². The van der Waals surface area contributed by atoms with Gasteiger partial charge in [-0.2, -0.15) is 0 Å². The van der Waals surface area contributed by atoms with Gasteiger partial charge in [0.05, 0.1) is 17.0 Å². The molecule has 0 spiro atoms. The average Bonchev–Trinajstić information content (AvgIpc) is 4.01. The van der Waals surface area contributed by atoms with Gasteiger partial charge in [-0.3, -0.25) is 0 Å². The van der Waals surface area contributed by atoms with Crippen LogP contribution in [0, 0.1) is 11.8 Å². The fraction of sp³-hybridized carbons (Fsp3) is 0.137. The fourth-order valence-corrected chi connectivity index (χ4v) is 7.69. The van der Waals surface area contributed by atoms with Gasteiger partial charge in [-0.25, -0.2) is 4.99 Å². The summed E-state index contributed by atoms with van der Waals surface area (Å²) < 4.78 is 13.4. The van der Waals surface area contributed by atoms with Gasteiger partial charge in [0.15, 0.2) is 0 Å². The Morgan fingerprint density at radius 3 is 2.67 bits per heavy atom. The lowest BCUT2D eigenvalue weighted by atomic mass is 9.96. The summed E-state index contributed by atoms with van der Waals surface area (Å²) in [5.74, 6) is 1.05. The van der Waals surface area contributed by atoms with E-state index in [1.165, 1.54) is 11.1 Å². The number of allylic oxidation sites excluding steroid dienone is 15. The Balaban J connectivity index is 1.26. The molecule has 4 aliphatic carbocycles. The molecule has 3 aromatic carbocycles. The molecular weight excluding hydrogens is 659 g/mol. The molecule has 0 N–H and O–H groups in total. The van der Waals surface area contributed by atoms with Crippen LogP contribution in [0.25, 0.3) is 55.2 Å². The zero-order chi connectivity index (χ0) is 36.4. The second kappa shape index (κ2) is 14.5. The van der Waals surface area contributed by atoms with Crippen LogP contribution in [-0.2, 0) is 0 Å². The highest BCUT2D eigenvalue weighted by Gasteiger charge is 2.40. The predicted octanol–water partition coefficient (Wildman–Crippen LogP) is 13.9. The third kappa shape index (κ3) is 6.78. The summed E-state index contributed by atoms with van der Waals surface area (Å²) >= 11 is 0. The maximum absolute atomic E-state index is 6.82. The van der Waals surface area contributed by atoms with E-state index in [0.29, 0.717) is 11.8 Å². The first-order valence-corrected chi connectivity index (χ1v) is 18.9. The van der Waals surface area contributed by atoms with E-state index in [-0.39, 0.29) is 0 Å². The standard InChI is InChI=1S/C51H41NO2/c1-34(29-48(43-22-14-21-41-32-45(41)43)52-35(2)36-15-8-3-4-9-16-36)47-33-53-49-27-24-39(37-19-12-7-13-20-37)30-42(49)23-26-44-46-31-40(25-28-50(46)54-51(44)47)38-17-10-5-6-11-18-38/h3,5,7-8,10-14,16-31,33,41,45H,2,4,9,15,32H2,1H3/b26-23?,34-29+,47-33?,52-48?. The third-order valence-corrected chi connectivity index (χ3v) is 10.8. The van der Waals surface area contributed by atoms with Gasteiger partial charge in [-0.15, -0.1) is 5.73 Å². The highest BCUT2D eigenvalue weighted by atomic mass is 16.3. The van der Waals surface area contributed by atoms with Crippen LogP contribution in [0.15, 0.2) is 201 Å². The summed E-state index contributed by atoms with van der Waals surface area (Å²) in [5, 5.41) is 3.02. The maximum atomic E-state index is 6.82. The Morgan fingerprint density at radius 2 is 1.74 bits per heavy atom. The van der Waals surface area contributed by atoms with E-state index in [1.807, 2.05) is 30.6 Å². The lowest BCUT2D eigenvalue weighted by Gasteiger charge is -2.13. The summed E-state index contributed by atoms with van der Waals surface area (Å²) in [6, 6.07) is 27.6. The van der Waals surface area contributed by atoms with Crippen LogP contribution in [-0.4, -0.2) is 5.71 Å². The molecule has 1 fully saturated rings. The summed E-state index contributed by atoms with van der Waals surface area (Å²) in [6.45, 7) is 6.61. The number of hydrogen-bond donors (Lipinski definition) is 0. The number of hydrogen-bond acceptors (Lipinski definition) is 3. The van der Waals surface area contributed by atoms with Gasteiger partial charge in [-0.1, -0.05) is 104 Å². The Labute approximate surface area is 316 Å². The molecule has 3 nitrogen and oxygen atoms in total. The minimum Gasteiger partial charge on any atom is -0.464 e. The van der Waals surface area contributed by atoms with Crippen LogP contribution in [0.1, 0.15) is 43.7 Å². The van der Waals surface area contributed by atoms with Crippen molar-refractivity contribution in [3.05, 3.63) is 198 Å². The first kappa shape index (κ1) is 33.4. The Morgan fingerprint density at radius 1 is 0.852 bits per heavy atom. The quantitative estimate of drug-likeness (QED) is 0.0963. The zero-order valence-corrected chi connectivity index (χ0v) is 30.5. The van der Waals surface area contributed by atoms with Crippen molar-refractivity contribution in [2.24, 2.45) is 16.8 Å². The molecule has 0 aliphatic heterocycles. The van der Waals surface area contributed by atoms with Gasteiger partial charge in [-0.05, 0) is 138 Å². The van der Waals surface area contributed by atoms with Crippen molar-refractivity contribution in [1.82, 2.24) is 0 Å². The molecule has 9 rings (SSSR count). The van der Waals surface area contributed by atoms with Gasteiger partial charge in [0.25, 0.3) is 0 Å². The maximum Gasteiger partial charge on any atom is 0.146 e. The minimum atomic E-state index is 0.477. The van der Waals surface area contributed by atoms with Gasteiger partial charge >= 0.3 is 0 Å². The molecule has 262 valence electrons. The van der Waals surface area contributed by atoms with Gasteiger partial charge in [0.2, 0.25) is 0 Å². The smallest absolute Gasteiger partial charge is 0.146 e. The molecule has 0 amide bonds. The van der Waals surface area contributed by atoms with E-state index in [9.17, 15) is 0 Å². The highest BCUT2D eigenvalue weighted by molar-refractivity contribution is 6.15. The number of fused-ring (bicyclic) bond motifs is 5. The summed E-state index contributed by atoms with van der Waals surface area (Å²) in [6.07, 6.45) is 31.7. The summed E-state index contributed by atoms with van der Waals surface area (Å²) in [7, 11) is 0. The second-order valence-corrected chi connectivity index (χ2v) is 14.4. The molecule has 2 heterocycles. The topological polar surface area (TPSA) is 38.6 Å². The van der Waals surface area contributed by atoms with Crippen molar-refractivity contribution in [3.8, 4) is 11.1 Å².